The molecular formula is C9H18NO. The van der Waals surface area contributed by atoms with Gasteiger partial charge in [-0.3, -0.25) is 4.79 Å². The second-order valence-electron chi connectivity index (χ2n) is 3.21. The van der Waals surface area contributed by atoms with Crippen molar-refractivity contribution in [3.05, 3.63) is 0 Å². The summed E-state index contributed by atoms with van der Waals surface area (Å²) >= 11 is 0. The molecule has 2 nitrogen and oxygen atoms in total. The van der Waals surface area contributed by atoms with E-state index in [1.165, 1.54) is 6.42 Å². The first-order valence-electron chi connectivity index (χ1n) is 4.33. The van der Waals surface area contributed by atoms with E-state index in [4.69, 9.17) is 0 Å². The SMILES string of the molecule is CCN([C]=O)CCCC(C)C. The van der Waals surface area contributed by atoms with E-state index in [2.05, 4.69) is 13.8 Å². The number of carbonyl (C=O) groups excluding carboxylic acids is 1. The predicted molar refractivity (Wildman–Crippen MR) is 47.0 cm³/mol. The van der Waals surface area contributed by atoms with Gasteiger partial charge in [-0.05, 0) is 25.7 Å². The normalized spacial score (nSPS) is 10.2. The van der Waals surface area contributed by atoms with Crippen LogP contribution in [0.1, 0.15) is 33.6 Å². The molecule has 0 aliphatic carbocycles. The van der Waals surface area contributed by atoms with Crippen molar-refractivity contribution in [2.75, 3.05) is 13.1 Å². The zero-order valence-corrected chi connectivity index (χ0v) is 7.76. The van der Waals surface area contributed by atoms with E-state index in [1.807, 2.05) is 13.3 Å². The molecule has 1 radical (unpaired) electrons. The molecule has 0 rings (SSSR count). The first-order valence-corrected chi connectivity index (χ1v) is 4.33. The molecule has 0 aliphatic rings. The summed E-state index contributed by atoms with van der Waals surface area (Å²) in [5.41, 5.74) is 0. The van der Waals surface area contributed by atoms with E-state index in [0.717, 1.165) is 25.4 Å². The molecule has 2 heteroatoms. The average molecular weight is 156 g/mol. The van der Waals surface area contributed by atoms with E-state index >= 15 is 0 Å². The van der Waals surface area contributed by atoms with Gasteiger partial charge in [0.2, 0.25) is 0 Å². The highest BCUT2D eigenvalue weighted by Crippen LogP contribution is 2.03. The monoisotopic (exact) mass is 156 g/mol. The Morgan fingerprint density at radius 1 is 1.45 bits per heavy atom. The molecule has 0 saturated carbocycles. The summed E-state index contributed by atoms with van der Waals surface area (Å²) in [6.07, 6.45) is 4.20. The molecule has 0 fully saturated rings. The number of rotatable bonds is 6. The van der Waals surface area contributed by atoms with Crippen LogP contribution < -0.4 is 0 Å². The molecule has 0 aliphatic heterocycles. The fraction of sp³-hybridized carbons (Fsp3) is 0.889. The van der Waals surface area contributed by atoms with Crippen LogP contribution in [0.3, 0.4) is 0 Å². The lowest BCUT2D eigenvalue weighted by Gasteiger charge is -2.13. The molecule has 0 aromatic heterocycles. The van der Waals surface area contributed by atoms with Crippen LogP contribution in [0.4, 0.5) is 0 Å². The maximum absolute atomic E-state index is 10.2. The van der Waals surface area contributed by atoms with Crippen molar-refractivity contribution in [1.82, 2.24) is 4.90 Å². The molecule has 11 heavy (non-hydrogen) atoms. The number of hydrogen-bond donors (Lipinski definition) is 0. The Morgan fingerprint density at radius 2 is 2.09 bits per heavy atom. The minimum Gasteiger partial charge on any atom is -0.335 e. The molecule has 0 spiro atoms. The van der Waals surface area contributed by atoms with Gasteiger partial charge in [0.05, 0.1) is 0 Å². The lowest BCUT2D eigenvalue weighted by atomic mass is 10.1. The second kappa shape index (κ2) is 6.20. The summed E-state index contributed by atoms with van der Waals surface area (Å²) in [7, 11) is 0. The van der Waals surface area contributed by atoms with Crippen LogP contribution in [0.2, 0.25) is 0 Å². The van der Waals surface area contributed by atoms with Gasteiger partial charge in [0.15, 0.2) is 0 Å². The summed E-state index contributed by atoms with van der Waals surface area (Å²) in [6.45, 7) is 8.00. The Balaban J connectivity index is 3.28. The number of amides is 1. The lowest BCUT2D eigenvalue weighted by Crippen LogP contribution is -2.22. The minimum atomic E-state index is 0.736. The highest BCUT2D eigenvalue weighted by molar-refractivity contribution is 5.47. The second-order valence-corrected chi connectivity index (χ2v) is 3.21. The minimum absolute atomic E-state index is 0.736. The van der Waals surface area contributed by atoms with Gasteiger partial charge in [-0.15, -0.1) is 0 Å². The third kappa shape index (κ3) is 5.89. The maximum atomic E-state index is 10.2. The van der Waals surface area contributed by atoms with Crippen LogP contribution >= 0.6 is 0 Å². The van der Waals surface area contributed by atoms with Crippen molar-refractivity contribution >= 4 is 6.41 Å². The van der Waals surface area contributed by atoms with Crippen LogP contribution in [0.15, 0.2) is 0 Å². The van der Waals surface area contributed by atoms with E-state index in [9.17, 15) is 4.79 Å². The maximum Gasteiger partial charge on any atom is 0.312 e. The quantitative estimate of drug-likeness (QED) is 0.537. The Morgan fingerprint density at radius 3 is 2.45 bits per heavy atom. The van der Waals surface area contributed by atoms with E-state index in [0.29, 0.717) is 0 Å². The van der Waals surface area contributed by atoms with E-state index < -0.39 is 0 Å². The molecule has 0 bridgehead atoms. The molecule has 0 aromatic rings. The first-order chi connectivity index (χ1) is 5.20. The molecule has 0 saturated heterocycles. The largest absolute Gasteiger partial charge is 0.335 e. The Labute approximate surface area is 69.6 Å². The van der Waals surface area contributed by atoms with Crippen molar-refractivity contribution < 1.29 is 4.79 Å². The van der Waals surface area contributed by atoms with Crippen LogP contribution in [0, 0.1) is 5.92 Å². The molecule has 0 unspecified atom stereocenters. The number of nitrogens with zero attached hydrogens (tertiary/aromatic N) is 1. The summed E-state index contributed by atoms with van der Waals surface area (Å²) in [5.74, 6) is 0.736. The van der Waals surface area contributed by atoms with Crippen molar-refractivity contribution in [1.29, 1.82) is 0 Å². The fourth-order valence-corrected chi connectivity index (χ4v) is 0.959. The van der Waals surface area contributed by atoms with E-state index in [-0.39, 0.29) is 0 Å². The highest BCUT2D eigenvalue weighted by atomic mass is 16.1. The van der Waals surface area contributed by atoms with Gasteiger partial charge in [-0.2, -0.15) is 0 Å². The topological polar surface area (TPSA) is 20.3 Å². The third-order valence-electron chi connectivity index (χ3n) is 1.72. The summed E-state index contributed by atoms with van der Waals surface area (Å²) < 4.78 is 0. The highest BCUT2D eigenvalue weighted by Gasteiger charge is 1.99. The van der Waals surface area contributed by atoms with Gasteiger partial charge in [-0.25, -0.2) is 0 Å². The van der Waals surface area contributed by atoms with Crippen LogP contribution in [0.25, 0.3) is 0 Å². The van der Waals surface area contributed by atoms with Crippen LogP contribution in [-0.4, -0.2) is 24.4 Å². The summed E-state index contributed by atoms with van der Waals surface area (Å²) in [5, 5.41) is 0. The third-order valence-corrected chi connectivity index (χ3v) is 1.72. The molecule has 1 amide bonds. The van der Waals surface area contributed by atoms with Gasteiger partial charge < -0.3 is 4.90 Å². The standard InChI is InChI=1S/C9H18NO/c1-4-10(8-11)7-5-6-9(2)3/h9H,4-7H2,1-3H3. The van der Waals surface area contributed by atoms with Gasteiger partial charge in [-0.1, -0.05) is 13.8 Å². The molecule has 0 atom stereocenters. The fourth-order valence-electron chi connectivity index (χ4n) is 0.959. The molecule has 65 valence electrons. The van der Waals surface area contributed by atoms with Gasteiger partial charge >= 0.3 is 6.41 Å². The van der Waals surface area contributed by atoms with Crippen molar-refractivity contribution in [2.45, 2.75) is 33.6 Å². The smallest absolute Gasteiger partial charge is 0.312 e. The van der Waals surface area contributed by atoms with Gasteiger partial charge in [0.25, 0.3) is 0 Å². The van der Waals surface area contributed by atoms with Gasteiger partial charge in [0.1, 0.15) is 0 Å². The Hall–Kier alpha value is -0.530. The first kappa shape index (κ1) is 10.5. The van der Waals surface area contributed by atoms with Crippen molar-refractivity contribution in [3.63, 3.8) is 0 Å². The predicted octanol–water partition coefficient (Wildman–Crippen LogP) is 1.81. The number of hydrogen-bond acceptors (Lipinski definition) is 1. The lowest BCUT2D eigenvalue weighted by molar-refractivity contribution is 0.373. The van der Waals surface area contributed by atoms with E-state index in [1.54, 1.807) is 4.90 Å². The Kier molecular flexibility index (Phi) is 5.90. The van der Waals surface area contributed by atoms with Crippen molar-refractivity contribution in [2.24, 2.45) is 5.92 Å². The average Bonchev–Trinajstić information content (AvgIpc) is 1.98. The van der Waals surface area contributed by atoms with Crippen LogP contribution in [0.5, 0.6) is 0 Å². The molecule has 0 heterocycles. The van der Waals surface area contributed by atoms with Gasteiger partial charge in [0, 0.05) is 13.1 Å². The zero-order valence-electron chi connectivity index (χ0n) is 7.76. The zero-order chi connectivity index (χ0) is 8.69. The van der Waals surface area contributed by atoms with Crippen LogP contribution in [-0.2, 0) is 4.79 Å². The molecule has 0 aromatic carbocycles. The molecule has 0 N–H and O–H groups in total. The summed E-state index contributed by atoms with van der Waals surface area (Å²) in [6, 6.07) is 0. The molecular weight excluding hydrogens is 138 g/mol. The summed E-state index contributed by atoms with van der Waals surface area (Å²) in [4.78, 5) is 11.9. The van der Waals surface area contributed by atoms with Crippen molar-refractivity contribution in [3.8, 4) is 0 Å². The Bertz CT molecular complexity index is 102.